The Hall–Kier alpha value is -1.48. The molecule has 0 unspecified atom stereocenters. The summed E-state index contributed by atoms with van der Waals surface area (Å²) in [6, 6.07) is 8.70. The van der Waals surface area contributed by atoms with E-state index in [1.54, 1.807) is 0 Å². The molecule has 0 aliphatic carbocycles. The Morgan fingerprint density at radius 2 is 1.95 bits per heavy atom. The van der Waals surface area contributed by atoms with Crippen LogP contribution in [0.3, 0.4) is 0 Å². The van der Waals surface area contributed by atoms with Crippen molar-refractivity contribution < 1.29 is 0 Å². The number of unbranched alkanes of at least 4 members (excludes halogenated alkanes) is 1. The maximum absolute atomic E-state index is 3.63. The molecular weight excluding hydrogens is 234 g/mol. The molecule has 0 radical (unpaired) electrons. The summed E-state index contributed by atoms with van der Waals surface area (Å²) in [6.45, 7) is 6.66. The summed E-state index contributed by atoms with van der Waals surface area (Å²) < 4.78 is 0. The van der Waals surface area contributed by atoms with E-state index in [9.17, 15) is 0 Å². The summed E-state index contributed by atoms with van der Waals surface area (Å²) in [4.78, 5) is 6.18. The van der Waals surface area contributed by atoms with Crippen LogP contribution in [0.25, 0.3) is 10.9 Å². The van der Waals surface area contributed by atoms with Gasteiger partial charge in [0.15, 0.2) is 0 Å². The minimum atomic E-state index is 1.09. The van der Waals surface area contributed by atoms with Crippen LogP contribution in [0.15, 0.2) is 24.3 Å². The molecule has 0 bridgehead atoms. The molecule has 1 aliphatic heterocycles. The van der Waals surface area contributed by atoms with Crippen molar-refractivity contribution in [2.45, 2.75) is 26.2 Å². The van der Waals surface area contributed by atoms with E-state index in [2.05, 4.69) is 46.4 Å². The van der Waals surface area contributed by atoms with Gasteiger partial charge in [0.25, 0.3) is 0 Å². The van der Waals surface area contributed by atoms with E-state index in [0.717, 1.165) is 32.6 Å². The summed E-state index contributed by atoms with van der Waals surface area (Å²) in [5.41, 5.74) is 4.15. The molecule has 2 N–H and O–H groups in total. The van der Waals surface area contributed by atoms with E-state index < -0.39 is 0 Å². The van der Waals surface area contributed by atoms with Crippen LogP contribution >= 0.6 is 0 Å². The van der Waals surface area contributed by atoms with Gasteiger partial charge in [-0.05, 0) is 18.9 Å². The largest absolute Gasteiger partial charge is 0.367 e. The third kappa shape index (κ3) is 2.47. The molecule has 102 valence electrons. The number of anilines is 1. The van der Waals surface area contributed by atoms with Crippen LogP contribution in [0.5, 0.6) is 0 Å². The predicted octanol–water partition coefficient (Wildman–Crippen LogP) is 2.92. The van der Waals surface area contributed by atoms with Crippen molar-refractivity contribution in [2.75, 3.05) is 31.1 Å². The summed E-state index contributed by atoms with van der Waals surface area (Å²) in [5.74, 6) is 0. The molecule has 2 aromatic rings. The van der Waals surface area contributed by atoms with Gasteiger partial charge in [-0.15, -0.1) is 0 Å². The number of rotatable bonds is 4. The second-order valence-corrected chi connectivity index (χ2v) is 5.34. The number of aryl methyl sites for hydroxylation is 1. The van der Waals surface area contributed by atoms with Crippen molar-refractivity contribution in [2.24, 2.45) is 0 Å². The zero-order valence-corrected chi connectivity index (χ0v) is 11.7. The van der Waals surface area contributed by atoms with E-state index in [0.29, 0.717) is 0 Å². The first-order valence-corrected chi connectivity index (χ1v) is 7.45. The Morgan fingerprint density at radius 3 is 2.74 bits per heavy atom. The van der Waals surface area contributed by atoms with Gasteiger partial charge >= 0.3 is 0 Å². The lowest BCUT2D eigenvalue weighted by molar-refractivity contribution is 0.588. The van der Waals surface area contributed by atoms with Gasteiger partial charge in [-0.3, -0.25) is 0 Å². The smallest absolute Gasteiger partial charge is 0.0658 e. The Bertz CT molecular complexity index is 538. The topological polar surface area (TPSA) is 31.1 Å². The van der Waals surface area contributed by atoms with Crippen molar-refractivity contribution in [1.29, 1.82) is 0 Å². The maximum atomic E-state index is 3.63. The minimum absolute atomic E-state index is 1.09. The SMILES string of the molecule is CCCCc1[nH]c2ccccc2c1N1CCNCC1. The van der Waals surface area contributed by atoms with Crippen LogP contribution in [0.1, 0.15) is 25.5 Å². The number of hydrogen-bond acceptors (Lipinski definition) is 2. The third-order valence-electron chi connectivity index (χ3n) is 3.97. The number of nitrogens with one attached hydrogen (secondary N) is 2. The van der Waals surface area contributed by atoms with Crippen LogP contribution in [-0.4, -0.2) is 31.2 Å². The Labute approximate surface area is 115 Å². The molecule has 3 nitrogen and oxygen atoms in total. The van der Waals surface area contributed by atoms with E-state index >= 15 is 0 Å². The molecule has 1 aromatic heterocycles. The Morgan fingerprint density at radius 1 is 1.16 bits per heavy atom. The Balaban J connectivity index is 2.01. The zero-order chi connectivity index (χ0) is 13.1. The van der Waals surface area contributed by atoms with Gasteiger partial charge in [-0.25, -0.2) is 0 Å². The summed E-state index contributed by atoms with van der Waals surface area (Å²) >= 11 is 0. The van der Waals surface area contributed by atoms with E-state index in [1.165, 1.54) is 35.1 Å². The number of benzene rings is 1. The zero-order valence-electron chi connectivity index (χ0n) is 11.7. The summed E-state index contributed by atoms with van der Waals surface area (Å²) in [5, 5.41) is 4.82. The molecule has 3 heteroatoms. The van der Waals surface area contributed by atoms with Crippen LogP contribution in [0.2, 0.25) is 0 Å². The second-order valence-electron chi connectivity index (χ2n) is 5.34. The number of nitrogens with zero attached hydrogens (tertiary/aromatic N) is 1. The second kappa shape index (κ2) is 5.66. The average Bonchev–Trinajstić information content (AvgIpc) is 2.84. The van der Waals surface area contributed by atoms with Crippen LogP contribution in [0, 0.1) is 0 Å². The molecule has 0 spiro atoms. The number of fused-ring (bicyclic) bond motifs is 1. The van der Waals surface area contributed by atoms with Crippen LogP contribution in [-0.2, 0) is 6.42 Å². The van der Waals surface area contributed by atoms with Gasteiger partial charge in [0, 0.05) is 42.8 Å². The first kappa shape index (κ1) is 12.5. The average molecular weight is 257 g/mol. The highest BCUT2D eigenvalue weighted by Gasteiger charge is 2.18. The molecule has 1 saturated heterocycles. The van der Waals surface area contributed by atoms with Crippen molar-refractivity contribution in [1.82, 2.24) is 10.3 Å². The first-order chi connectivity index (χ1) is 9.40. The number of hydrogen-bond donors (Lipinski definition) is 2. The highest BCUT2D eigenvalue weighted by atomic mass is 15.2. The fourth-order valence-corrected chi connectivity index (χ4v) is 2.97. The molecule has 0 saturated carbocycles. The number of H-pyrrole nitrogens is 1. The lowest BCUT2D eigenvalue weighted by Crippen LogP contribution is -2.43. The molecule has 3 rings (SSSR count). The van der Waals surface area contributed by atoms with Crippen LogP contribution in [0.4, 0.5) is 5.69 Å². The number of aromatic nitrogens is 1. The lowest BCUT2D eigenvalue weighted by atomic mass is 10.1. The first-order valence-electron chi connectivity index (χ1n) is 7.45. The lowest BCUT2D eigenvalue weighted by Gasteiger charge is -2.30. The minimum Gasteiger partial charge on any atom is -0.367 e. The highest BCUT2D eigenvalue weighted by molar-refractivity contribution is 5.95. The summed E-state index contributed by atoms with van der Waals surface area (Å²) in [7, 11) is 0. The van der Waals surface area contributed by atoms with Crippen molar-refractivity contribution in [3.05, 3.63) is 30.0 Å². The van der Waals surface area contributed by atoms with Gasteiger partial charge in [0.05, 0.1) is 5.69 Å². The van der Waals surface area contributed by atoms with Crippen molar-refractivity contribution in [3.8, 4) is 0 Å². The number of aromatic amines is 1. The normalized spacial score (nSPS) is 16.2. The van der Waals surface area contributed by atoms with Crippen LogP contribution < -0.4 is 10.2 Å². The van der Waals surface area contributed by atoms with E-state index in [1.807, 2.05) is 0 Å². The number of para-hydroxylation sites is 1. The van der Waals surface area contributed by atoms with E-state index in [-0.39, 0.29) is 0 Å². The van der Waals surface area contributed by atoms with Gasteiger partial charge in [0.2, 0.25) is 0 Å². The van der Waals surface area contributed by atoms with Gasteiger partial charge in [-0.1, -0.05) is 31.5 Å². The maximum Gasteiger partial charge on any atom is 0.0658 e. The standard InChI is InChI=1S/C16H23N3/c1-2-3-7-15-16(19-11-9-17-10-12-19)13-6-4-5-8-14(13)18-15/h4-6,8,17-18H,2-3,7,9-12H2,1H3. The monoisotopic (exact) mass is 257 g/mol. The van der Waals surface area contributed by atoms with Gasteiger partial charge < -0.3 is 15.2 Å². The molecule has 1 aliphatic rings. The molecular formula is C16H23N3. The number of piperazine rings is 1. The van der Waals surface area contributed by atoms with Crippen molar-refractivity contribution >= 4 is 16.6 Å². The van der Waals surface area contributed by atoms with Gasteiger partial charge in [0.1, 0.15) is 0 Å². The molecule has 1 fully saturated rings. The molecule has 2 heterocycles. The molecule has 19 heavy (non-hydrogen) atoms. The fraction of sp³-hybridized carbons (Fsp3) is 0.500. The quantitative estimate of drug-likeness (QED) is 0.882. The third-order valence-corrected chi connectivity index (χ3v) is 3.97. The molecule has 0 amide bonds. The Kier molecular flexibility index (Phi) is 3.74. The fourth-order valence-electron chi connectivity index (χ4n) is 2.97. The van der Waals surface area contributed by atoms with E-state index in [4.69, 9.17) is 0 Å². The summed E-state index contributed by atoms with van der Waals surface area (Å²) in [6.07, 6.45) is 3.66. The predicted molar refractivity (Wildman–Crippen MR) is 82.0 cm³/mol. The molecule has 1 aromatic carbocycles. The van der Waals surface area contributed by atoms with Crippen molar-refractivity contribution in [3.63, 3.8) is 0 Å². The molecule has 0 atom stereocenters. The highest BCUT2D eigenvalue weighted by Crippen LogP contribution is 2.32. The van der Waals surface area contributed by atoms with Gasteiger partial charge in [-0.2, -0.15) is 0 Å².